The van der Waals surface area contributed by atoms with Crippen molar-refractivity contribution in [2.75, 3.05) is 12.0 Å². The average molecular weight is 211 g/mol. The second kappa shape index (κ2) is 4.80. The molecule has 0 aliphatic carbocycles. The van der Waals surface area contributed by atoms with Gasteiger partial charge in [0, 0.05) is 6.54 Å². The van der Waals surface area contributed by atoms with E-state index in [1.165, 1.54) is 0 Å². The van der Waals surface area contributed by atoms with Gasteiger partial charge in [-0.15, -0.1) is 0 Å². The highest BCUT2D eigenvalue weighted by Gasteiger charge is 2.07. The van der Waals surface area contributed by atoms with Crippen LogP contribution in [-0.2, 0) is 0 Å². The van der Waals surface area contributed by atoms with E-state index in [-0.39, 0.29) is 0 Å². The normalized spacial score (nSPS) is 9.57. The molecule has 1 rings (SSSR count). The Kier molecular flexibility index (Phi) is 3.69. The van der Waals surface area contributed by atoms with Gasteiger partial charge in [0.25, 0.3) is 0 Å². The quantitative estimate of drug-likeness (QED) is 0.591. The van der Waals surface area contributed by atoms with E-state index in [2.05, 4.69) is 21.9 Å². The number of pyridine rings is 1. The number of aromatic nitrogens is 1. The zero-order valence-electron chi connectivity index (χ0n) is 8.06. The maximum atomic E-state index is 8.89. The fourth-order valence-electron chi connectivity index (χ4n) is 1.04. The molecule has 0 saturated carbocycles. The molecule has 0 aliphatic rings. The summed E-state index contributed by atoms with van der Waals surface area (Å²) in [5.74, 6) is 0.472. The highest BCUT2D eigenvalue weighted by Crippen LogP contribution is 2.19. The molecule has 1 aromatic rings. The van der Waals surface area contributed by atoms with Gasteiger partial charge in [0.1, 0.15) is 11.2 Å². The molecule has 0 atom stereocenters. The van der Waals surface area contributed by atoms with Gasteiger partial charge in [-0.3, -0.25) is 0 Å². The molecule has 0 aromatic carbocycles. The number of rotatable bonds is 3. The van der Waals surface area contributed by atoms with Crippen LogP contribution in [0.4, 0.5) is 5.82 Å². The number of anilines is 1. The van der Waals surface area contributed by atoms with Gasteiger partial charge in [0.15, 0.2) is 5.82 Å². The first kappa shape index (κ1) is 10.8. The van der Waals surface area contributed by atoms with Crippen molar-refractivity contribution in [1.29, 1.82) is 5.26 Å². The predicted molar refractivity (Wildman–Crippen MR) is 56.0 cm³/mol. The topological polar surface area (TPSA) is 60.7 Å². The molecule has 0 radical (unpaired) electrons. The van der Waals surface area contributed by atoms with Gasteiger partial charge in [0.05, 0.1) is 5.56 Å². The SMILES string of the molecule is CCNNc1nc(Cl)cc(C)c1C#N. The van der Waals surface area contributed by atoms with Gasteiger partial charge in [-0.25, -0.2) is 10.4 Å². The number of hydrogen-bond donors (Lipinski definition) is 2. The molecule has 2 N–H and O–H groups in total. The lowest BCUT2D eigenvalue weighted by atomic mass is 10.1. The molecule has 1 heterocycles. The first-order valence-electron chi connectivity index (χ1n) is 4.25. The molecule has 0 spiro atoms. The molecule has 0 amide bonds. The number of nitriles is 1. The highest BCUT2D eigenvalue weighted by molar-refractivity contribution is 6.29. The Morgan fingerprint density at radius 3 is 2.93 bits per heavy atom. The zero-order valence-corrected chi connectivity index (χ0v) is 8.81. The maximum absolute atomic E-state index is 8.89. The molecule has 0 saturated heterocycles. The fourth-order valence-corrected chi connectivity index (χ4v) is 1.28. The van der Waals surface area contributed by atoms with Crippen molar-refractivity contribution in [3.8, 4) is 6.07 Å². The summed E-state index contributed by atoms with van der Waals surface area (Å²) >= 11 is 5.77. The van der Waals surface area contributed by atoms with Gasteiger partial charge < -0.3 is 5.43 Å². The monoisotopic (exact) mass is 210 g/mol. The summed E-state index contributed by atoms with van der Waals surface area (Å²) in [6, 6.07) is 3.74. The van der Waals surface area contributed by atoms with E-state index >= 15 is 0 Å². The smallest absolute Gasteiger partial charge is 0.160 e. The summed E-state index contributed by atoms with van der Waals surface area (Å²) in [4.78, 5) is 4.01. The van der Waals surface area contributed by atoms with Gasteiger partial charge >= 0.3 is 0 Å². The van der Waals surface area contributed by atoms with Crippen molar-refractivity contribution in [1.82, 2.24) is 10.4 Å². The molecular formula is C9H11ClN4. The van der Waals surface area contributed by atoms with Crippen LogP contribution >= 0.6 is 11.6 Å². The number of aryl methyl sites for hydroxylation is 1. The van der Waals surface area contributed by atoms with Crippen LogP contribution < -0.4 is 10.9 Å². The first-order chi connectivity index (χ1) is 6.69. The molecule has 74 valence electrons. The third kappa shape index (κ3) is 2.34. The molecule has 0 bridgehead atoms. The largest absolute Gasteiger partial charge is 0.305 e. The Morgan fingerprint density at radius 1 is 1.64 bits per heavy atom. The minimum atomic E-state index is 0.377. The summed E-state index contributed by atoms with van der Waals surface area (Å²) < 4.78 is 0. The van der Waals surface area contributed by atoms with Crippen LogP contribution in [0.15, 0.2) is 6.07 Å². The molecule has 1 aromatic heterocycles. The third-order valence-corrected chi connectivity index (χ3v) is 1.87. The summed E-state index contributed by atoms with van der Waals surface area (Å²) in [6.45, 7) is 4.50. The molecule has 0 unspecified atom stereocenters. The van der Waals surface area contributed by atoms with Crippen molar-refractivity contribution >= 4 is 17.4 Å². The van der Waals surface area contributed by atoms with E-state index in [4.69, 9.17) is 16.9 Å². The standard InChI is InChI=1S/C9H11ClN4/c1-3-12-14-9-7(5-11)6(2)4-8(10)13-9/h4,12H,3H2,1-2H3,(H,13,14). The van der Waals surface area contributed by atoms with Crippen molar-refractivity contribution in [2.24, 2.45) is 0 Å². The van der Waals surface area contributed by atoms with Gasteiger partial charge in [-0.1, -0.05) is 18.5 Å². The van der Waals surface area contributed by atoms with Gasteiger partial charge in [0.2, 0.25) is 0 Å². The second-order valence-electron chi connectivity index (χ2n) is 2.75. The van der Waals surface area contributed by atoms with E-state index in [1.807, 2.05) is 13.8 Å². The van der Waals surface area contributed by atoms with Crippen LogP contribution in [0, 0.1) is 18.3 Å². The van der Waals surface area contributed by atoms with E-state index in [0.717, 1.165) is 12.1 Å². The van der Waals surface area contributed by atoms with Gasteiger partial charge in [-0.05, 0) is 18.6 Å². The Labute approximate surface area is 87.9 Å². The lowest BCUT2D eigenvalue weighted by Gasteiger charge is -2.08. The van der Waals surface area contributed by atoms with Crippen LogP contribution in [0.3, 0.4) is 0 Å². The van der Waals surface area contributed by atoms with Crippen LogP contribution in [0.1, 0.15) is 18.1 Å². The molecule has 0 aliphatic heterocycles. The van der Waals surface area contributed by atoms with E-state index in [1.54, 1.807) is 6.07 Å². The highest BCUT2D eigenvalue weighted by atomic mass is 35.5. The number of halogens is 1. The Bertz CT molecular complexity index is 370. The van der Waals surface area contributed by atoms with Crippen LogP contribution in [0.5, 0.6) is 0 Å². The van der Waals surface area contributed by atoms with Crippen molar-refractivity contribution < 1.29 is 0 Å². The van der Waals surface area contributed by atoms with Crippen molar-refractivity contribution in [2.45, 2.75) is 13.8 Å². The van der Waals surface area contributed by atoms with Crippen molar-refractivity contribution in [3.05, 3.63) is 22.3 Å². The van der Waals surface area contributed by atoms with Crippen LogP contribution in [0.25, 0.3) is 0 Å². The molecular weight excluding hydrogens is 200 g/mol. The van der Waals surface area contributed by atoms with Crippen molar-refractivity contribution in [3.63, 3.8) is 0 Å². The first-order valence-corrected chi connectivity index (χ1v) is 4.63. The second-order valence-corrected chi connectivity index (χ2v) is 3.14. The summed E-state index contributed by atoms with van der Waals surface area (Å²) in [5, 5.41) is 9.27. The van der Waals surface area contributed by atoms with Crippen LogP contribution in [0.2, 0.25) is 5.15 Å². The molecule has 14 heavy (non-hydrogen) atoms. The fraction of sp³-hybridized carbons (Fsp3) is 0.333. The maximum Gasteiger partial charge on any atom is 0.160 e. The summed E-state index contributed by atoms with van der Waals surface area (Å²) in [5.41, 5.74) is 7.02. The predicted octanol–water partition coefficient (Wildman–Crippen LogP) is 1.85. The lowest BCUT2D eigenvalue weighted by molar-refractivity contribution is 0.834. The number of hydrogen-bond acceptors (Lipinski definition) is 4. The Hall–Kier alpha value is -1.31. The molecule has 4 nitrogen and oxygen atoms in total. The summed E-state index contributed by atoms with van der Waals surface area (Å²) in [6.07, 6.45) is 0. The lowest BCUT2D eigenvalue weighted by Crippen LogP contribution is -2.22. The zero-order chi connectivity index (χ0) is 10.6. The molecule has 5 heteroatoms. The number of nitrogens with one attached hydrogen (secondary N) is 2. The third-order valence-electron chi connectivity index (χ3n) is 1.68. The minimum Gasteiger partial charge on any atom is -0.305 e. The Balaban J connectivity index is 3.07. The number of hydrazine groups is 1. The van der Waals surface area contributed by atoms with Crippen LogP contribution in [-0.4, -0.2) is 11.5 Å². The number of nitrogens with zero attached hydrogens (tertiary/aromatic N) is 2. The van der Waals surface area contributed by atoms with E-state index < -0.39 is 0 Å². The summed E-state index contributed by atoms with van der Waals surface area (Å²) in [7, 11) is 0. The van der Waals surface area contributed by atoms with E-state index in [9.17, 15) is 0 Å². The minimum absolute atomic E-state index is 0.377. The average Bonchev–Trinajstić information content (AvgIpc) is 2.14. The van der Waals surface area contributed by atoms with Gasteiger partial charge in [-0.2, -0.15) is 5.26 Å². The van der Waals surface area contributed by atoms with E-state index in [0.29, 0.717) is 16.5 Å². The molecule has 0 fully saturated rings. The Morgan fingerprint density at radius 2 is 2.36 bits per heavy atom.